The topological polar surface area (TPSA) is 29.1 Å². The van der Waals surface area contributed by atoms with E-state index in [9.17, 15) is 13.6 Å². The smallest absolute Gasteiger partial charge is 0.256 e. The highest BCUT2D eigenvalue weighted by Gasteiger charge is 2.37. The number of fused-ring (bicyclic) bond motifs is 1. The second-order valence-electron chi connectivity index (χ2n) is 7.51. The van der Waals surface area contributed by atoms with Gasteiger partial charge in [-0.25, -0.2) is 8.78 Å². The summed E-state index contributed by atoms with van der Waals surface area (Å²) in [4.78, 5) is 12.0. The zero-order valence-corrected chi connectivity index (χ0v) is 15.7. The molecule has 4 heteroatoms. The van der Waals surface area contributed by atoms with E-state index in [1.54, 1.807) is 0 Å². The van der Waals surface area contributed by atoms with Crippen LogP contribution in [0, 0.1) is 12.8 Å². The lowest BCUT2D eigenvalue weighted by Crippen LogP contribution is -2.18. The summed E-state index contributed by atoms with van der Waals surface area (Å²) in [6.45, 7) is 7.73. The second-order valence-corrected chi connectivity index (χ2v) is 7.51. The number of nitrogens with one attached hydrogen (secondary N) is 1. The standard InChI is InChI=1S/C22H25F2NO/c1-5-15-9-16(6-7-20(15)25-21(26)13(2)3)19-10-18-12-22(23,24)11-17(18)8-14(19)4/h6-10,13H,5,11-12H2,1-4H3,(H,25,26). The molecule has 0 radical (unpaired) electrons. The van der Waals surface area contributed by atoms with Gasteiger partial charge in [-0.15, -0.1) is 0 Å². The van der Waals surface area contributed by atoms with Crippen LogP contribution in [0.5, 0.6) is 0 Å². The zero-order valence-electron chi connectivity index (χ0n) is 15.7. The van der Waals surface area contributed by atoms with Crippen LogP contribution < -0.4 is 5.32 Å². The van der Waals surface area contributed by atoms with Crippen molar-refractivity contribution in [1.82, 2.24) is 0 Å². The number of benzene rings is 2. The molecular weight excluding hydrogens is 332 g/mol. The van der Waals surface area contributed by atoms with Gasteiger partial charge in [0.2, 0.25) is 5.91 Å². The summed E-state index contributed by atoms with van der Waals surface area (Å²) in [5, 5.41) is 2.97. The summed E-state index contributed by atoms with van der Waals surface area (Å²) in [5.74, 6) is -2.73. The highest BCUT2D eigenvalue weighted by Crippen LogP contribution is 2.38. The van der Waals surface area contributed by atoms with Gasteiger partial charge in [0, 0.05) is 24.4 Å². The maximum Gasteiger partial charge on any atom is 0.256 e. The third-order valence-corrected chi connectivity index (χ3v) is 5.02. The van der Waals surface area contributed by atoms with E-state index < -0.39 is 5.92 Å². The summed E-state index contributed by atoms with van der Waals surface area (Å²) in [5.41, 5.74) is 6.35. The molecule has 2 aromatic rings. The Balaban J connectivity index is 1.97. The number of anilines is 1. The van der Waals surface area contributed by atoms with Crippen molar-refractivity contribution in [3.8, 4) is 11.1 Å². The van der Waals surface area contributed by atoms with E-state index in [1.807, 2.05) is 52.0 Å². The molecule has 3 rings (SSSR count). The van der Waals surface area contributed by atoms with Crippen LogP contribution in [0.25, 0.3) is 11.1 Å². The fraction of sp³-hybridized carbons (Fsp3) is 0.409. The van der Waals surface area contributed by atoms with E-state index in [1.165, 1.54) is 0 Å². The number of rotatable bonds is 4. The largest absolute Gasteiger partial charge is 0.326 e. The highest BCUT2D eigenvalue weighted by molar-refractivity contribution is 5.93. The third-order valence-electron chi connectivity index (χ3n) is 5.02. The molecule has 0 unspecified atom stereocenters. The minimum absolute atomic E-state index is 0.0107. The van der Waals surface area contributed by atoms with Crippen molar-refractivity contribution in [2.45, 2.75) is 52.9 Å². The molecule has 1 N–H and O–H groups in total. The second kappa shape index (κ2) is 6.82. The number of aryl methyl sites for hydroxylation is 2. The molecule has 0 bridgehead atoms. The van der Waals surface area contributed by atoms with Crippen molar-refractivity contribution in [2.24, 2.45) is 5.92 Å². The molecule has 0 aromatic heterocycles. The summed E-state index contributed by atoms with van der Waals surface area (Å²) >= 11 is 0. The number of carbonyl (C=O) groups excluding carboxylic acids is 1. The van der Waals surface area contributed by atoms with Crippen LogP contribution in [-0.2, 0) is 24.1 Å². The monoisotopic (exact) mass is 357 g/mol. The van der Waals surface area contributed by atoms with Gasteiger partial charge in [0.1, 0.15) is 0 Å². The van der Waals surface area contributed by atoms with Crippen LogP contribution in [0.4, 0.5) is 14.5 Å². The van der Waals surface area contributed by atoms with Crippen molar-refractivity contribution >= 4 is 11.6 Å². The van der Waals surface area contributed by atoms with E-state index in [-0.39, 0.29) is 24.7 Å². The van der Waals surface area contributed by atoms with Crippen LogP contribution in [-0.4, -0.2) is 11.8 Å². The van der Waals surface area contributed by atoms with Gasteiger partial charge in [-0.1, -0.05) is 39.0 Å². The average molecular weight is 357 g/mol. The van der Waals surface area contributed by atoms with Crippen LogP contribution in [0.3, 0.4) is 0 Å². The summed E-state index contributed by atoms with van der Waals surface area (Å²) in [7, 11) is 0. The molecule has 26 heavy (non-hydrogen) atoms. The van der Waals surface area contributed by atoms with E-state index in [4.69, 9.17) is 0 Å². The molecule has 0 heterocycles. The molecule has 2 nitrogen and oxygen atoms in total. The van der Waals surface area contributed by atoms with Gasteiger partial charge in [-0.05, 0) is 58.9 Å². The number of hydrogen-bond acceptors (Lipinski definition) is 1. The molecule has 0 saturated heterocycles. The molecule has 0 spiro atoms. The van der Waals surface area contributed by atoms with Crippen LogP contribution >= 0.6 is 0 Å². The molecule has 0 atom stereocenters. The predicted molar refractivity (Wildman–Crippen MR) is 102 cm³/mol. The maximum atomic E-state index is 13.7. The van der Waals surface area contributed by atoms with E-state index >= 15 is 0 Å². The maximum absolute atomic E-state index is 13.7. The van der Waals surface area contributed by atoms with Crippen LogP contribution in [0.1, 0.15) is 43.0 Å². The average Bonchev–Trinajstić information content (AvgIpc) is 2.87. The van der Waals surface area contributed by atoms with Gasteiger partial charge >= 0.3 is 0 Å². The minimum Gasteiger partial charge on any atom is -0.326 e. The molecule has 2 aromatic carbocycles. The summed E-state index contributed by atoms with van der Waals surface area (Å²) in [6.07, 6.45) is 0.437. The number of halogens is 2. The molecule has 1 aliphatic carbocycles. The minimum atomic E-state index is -2.63. The number of carbonyl (C=O) groups is 1. The molecule has 0 fully saturated rings. The lowest BCUT2D eigenvalue weighted by atomic mass is 9.93. The Morgan fingerprint density at radius 3 is 2.42 bits per heavy atom. The van der Waals surface area contributed by atoms with E-state index in [0.717, 1.165) is 45.5 Å². The number of hydrogen-bond donors (Lipinski definition) is 1. The van der Waals surface area contributed by atoms with Gasteiger partial charge in [0.25, 0.3) is 5.92 Å². The first kappa shape index (κ1) is 18.6. The van der Waals surface area contributed by atoms with Crippen molar-refractivity contribution in [2.75, 3.05) is 5.32 Å². The predicted octanol–water partition coefficient (Wildman–Crippen LogP) is 5.55. The van der Waals surface area contributed by atoms with Crippen molar-refractivity contribution in [3.63, 3.8) is 0 Å². The molecule has 0 saturated carbocycles. The summed E-state index contributed by atoms with van der Waals surface area (Å²) < 4.78 is 27.4. The third kappa shape index (κ3) is 3.64. The van der Waals surface area contributed by atoms with Gasteiger partial charge in [0.15, 0.2) is 0 Å². The molecule has 1 amide bonds. The first-order chi connectivity index (χ1) is 12.2. The Labute approximate surface area is 153 Å². The Hall–Kier alpha value is -2.23. The van der Waals surface area contributed by atoms with Crippen molar-refractivity contribution in [1.29, 1.82) is 0 Å². The molecule has 0 aliphatic heterocycles. The highest BCUT2D eigenvalue weighted by atomic mass is 19.3. The number of amides is 1. The first-order valence-corrected chi connectivity index (χ1v) is 9.14. The van der Waals surface area contributed by atoms with Gasteiger partial charge in [-0.2, -0.15) is 0 Å². The van der Waals surface area contributed by atoms with Crippen molar-refractivity contribution < 1.29 is 13.6 Å². The van der Waals surface area contributed by atoms with E-state index in [2.05, 4.69) is 11.4 Å². The van der Waals surface area contributed by atoms with Gasteiger partial charge < -0.3 is 5.32 Å². The molecular formula is C22H25F2NO. The Morgan fingerprint density at radius 1 is 1.15 bits per heavy atom. The van der Waals surface area contributed by atoms with Gasteiger partial charge in [0.05, 0.1) is 0 Å². The number of alkyl halides is 2. The SMILES string of the molecule is CCc1cc(-c2cc3c(cc2C)CC(F)(F)C3)ccc1NC(=O)C(C)C. The van der Waals surface area contributed by atoms with E-state index in [0.29, 0.717) is 0 Å². The summed E-state index contributed by atoms with van der Waals surface area (Å²) in [6, 6.07) is 9.72. The quantitative estimate of drug-likeness (QED) is 0.763. The zero-order chi connectivity index (χ0) is 19.1. The lowest BCUT2D eigenvalue weighted by molar-refractivity contribution is -0.118. The normalized spacial score (nSPS) is 15.2. The Bertz CT molecular complexity index is 855. The lowest BCUT2D eigenvalue weighted by Gasteiger charge is -2.15. The Kier molecular flexibility index (Phi) is 4.87. The van der Waals surface area contributed by atoms with Crippen molar-refractivity contribution in [3.05, 3.63) is 52.6 Å². The molecule has 138 valence electrons. The fourth-order valence-corrected chi connectivity index (χ4v) is 3.53. The Morgan fingerprint density at radius 2 is 1.81 bits per heavy atom. The van der Waals surface area contributed by atoms with Gasteiger partial charge in [-0.3, -0.25) is 4.79 Å². The van der Waals surface area contributed by atoms with Crippen LogP contribution in [0.2, 0.25) is 0 Å². The fourth-order valence-electron chi connectivity index (χ4n) is 3.53. The molecule has 1 aliphatic rings. The van der Waals surface area contributed by atoms with Crippen LogP contribution in [0.15, 0.2) is 30.3 Å². The first-order valence-electron chi connectivity index (χ1n) is 9.14.